The average Bonchev–Trinajstić information content (AvgIpc) is 3.04. The highest BCUT2D eigenvalue weighted by Crippen LogP contribution is 2.17. The number of nitrogens with one attached hydrogen (secondary N) is 1. The number of nitrogens with zero attached hydrogens (tertiary/aromatic N) is 1. The van der Waals surface area contributed by atoms with Crippen molar-refractivity contribution in [2.24, 2.45) is 5.92 Å². The number of rotatable bonds is 7. The Bertz CT molecular complexity index is 590. The highest BCUT2D eigenvalue weighted by molar-refractivity contribution is 5.77. The predicted octanol–water partition coefficient (Wildman–Crippen LogP) is 1.58. The first-order valence-electron chi connectivity index (χ1n) is 7.99. The van der Waals surface area contributed by atoms with Crippen molar-refractivity contribution in [3.63, 3.8) is 0 Å². The van der Waals surface area contributed by atoms with Crippen LogP contribution >= 0.6 is 0 Å². The summed E-state index contributed by atoms with van der Waals surface area (Å²) in [6.07, 6.45) is 1.28. The van der Waals surface area contributed by atoms with E-state index < -0.39 is 17.9 Å². The third-order valence-electron chi connectivity index (χ3n) is 4.18. The maximum absolute atomic E-state index is 12.3. The van der Waals surface area contributed by atoms with Gasteiger partial charge in [0.25, 0.3) is 0 Å². The van der Waals surface area contributed by atoms with E-state index in [2.05, 4.69) is 5.32 Å². The van der Waals surface area contributed by atoms with E-state index in [1.54, 1.807) is 0 Å². The summed E-state index contributed by atoms with van der Waals surface area (Å²) in [4.78, 5) is 35.6. The van der Waals surface area contributed by atoms with Crippen molar-refractivity contribution in [3.8, 4) is 0 Å². The lowest BCUT2D eigenvalue weighted by Gasteiger charge is -2.23. The van der Waals surface area contributed by atoms with Crippen molar-refractivity contribution in [1.82, 2.24) is 10.2 Å². The lowest BCUT2D eigenvalue weighted by Crippen LogP contribution is -2.45. The van der Waals surface area contributed by atoms with Crippen LogP contribution in [-0.4, -0.2) is 52.2 Å². The first kappa shape index (κ1) is 17.8. The van der Waals surface area contributed by atoms with Crippen molar-refractivity contribution in [2.75, 3.05) is 13.1 Å². The molecule has 0 radical (unpaired) electrons. The van der Waals surface area contributed by atoms with Crippen LogP contribution in [0.3, 0.4) is 0 Å². The maximum Gasteiger partial charge on any atom is 0.317 e. The van der Waals surface area contributed by atoms with Gasteiger partial charge in [-0.3, -0.25) is 9.59 Å². The lowest BCUT2D eigenvalue weighted by atomic mass is 10.0. The third kappa shape index (κ3) is 5.26. The SMILES string of the molecule is O=C(O)CCC(Cc1ccccc1)NC(=O)N1CCC(C(=O)O)C1. The molecule has 1 aromatic carbocycles. The molecule has 3 N–H and O–H groups in total. The number of carboxylic acid groups (broad SMARTS) is 2. The Morgan fingerprint density at radius 1 is 1.21 bits per heavy atom. The number of amides is 2. The summed E-state index contributed by atoms with van der Waals surface area (Å²) in [6.45, 7) is 0.595. The van der Waals surface area contributed by atoms with Crippen LogP contribution in [0.5, 0.6) is 0 Å². The van der Waals surface area contributed by atoms with E-state index in [0.717, 1.165) is 5.56 Å². The Labute approximate surface area is 140 Å². The largest absolute Gasteiger partial charge is 0.481 e. The van der Waals surface area contributed by atoms with Gasteiger partial charge in [0.15, 0.2) is 0 Å². The molecule has 24 heavy (non-hydrogen) atoms. The second-order valence-electron chi connectivity index (χ2n) is 6.04. The highest BCUT2D eigenvalue weighted by Gasteiger charge is 2.31. The molecular weight excluding hydrogens is 312 g/mol. The molecule has 0 bridgehead atoms. The maximum atomic E-state index is 12.3. The minimum absolute atomic E-state index is 0.0322. The van der Waals surface area contributed by atoms with E-state index in [1.807, 2.05) is 30.3 Å². The van der Waals surface area contributed by atoms with E-state index in [4.69, 9.17) is 10.2 Å². The average molecular weight is 334 g/mol. The molecule has 1 aliphatic rings. The minimum atomic E-state index is -0.908. The number of hydrogen-bond donors (Lipinski definition) is 3. The van der Waals surface area contributed by atoms with E-state index in [0.29, 0.717) is 25.8 Å². The van der Waals surface area contributed by atoms with Crippen LogP contribution in [0.4, 0.5) is 4.79 Å². The van der Waals surface area contributed by atoms with Gasteiger partial charge in [-0.1, -0.05) is 30.3 Å². The monoisotopic (exact) mass is 334 g/mol. The second kappa shape index (κ2) is 8.33. The molecule has 1 aromatic rings. The van der Waals surface area contributed by atoms with Crippen LogP contribution in [0.15, 0.2) is 30.3 Å². The molecule has 7 nitrogen and oxygen atoms in total. The fraction of sp³-hybridized carbons (Fsp3) is 0.471. The molecule has 1 saturated heterocycles. The normalized spacial score (nSPS) is 18.2. The molecule has 7 heteroatoms. The Morgan fingerprint density at radius 2 is 1.92 bits per heavy atom. The van der Waals surface area contributed by atoms with Crippen molar-refractivity contribution < 1.29 is 24.6 Å². The second-order valence-corrected chi connectivity index (χ2v) is 6.04. The van der Waals surface area contributed by atoms with Gasteiger partial charge in [-0.25, -0.2) is 4.79 Å². The molecular formula is C17H22N2O5. The summed E-state index contributed by atoms with van der Waals surface area (Å²) in [6, 6.07) is 8.90. The van der Waals surface area contributed by atoms with Crippen LogP contribution < -0.4 is 5.32 Å². The molecule has 1 heterocycles. The summed E-state index contributed by atoms with van der Waals surface area (Å²) >= 11 is 0. The number of likely N-dealkylation sites (tertiary alicyclic amines) is 1. The van der Waals surface area contributed by atoms with Crippen LogP contribution in [0.2, 0.25) is 0 Å². The number of aliphatic carboxylic acids is 2. The van der Waals surface area contributed by atoms with Gasteiger partial charge in [0.05, 0.1) is 5.92 Å². The van der Waals surface area contributed by atoms with Gasteiger partial charge in [-0.15, -0.1) is 0 Å². The quantitative estimate of drug-likeness (QED) is 0.702. The summed E-state index contributed by atoms with van der Waals surface area (Å²) in [5, 5.41) is 20.7. The number of hydrogen-bond acceptors (Lipinski definition) is 3. The Hall–Kier alpha value is -2.57. The molecule has 2 atom stereocenters. The number of carbonyl (C=O) groups excluding carboxylic acids is 1. The lowest BCUT2D eigenvalue weighted by molar-refractivity contribution is -0.141. The van der Waals surface area contributed by atoms with E-state index in [9.17, 15) is 14.4 Å². The summed E-state index contributed by atoms with van der Waals surface area (Å²) < 4.78 is 0. The molecule has 1 aliphatic heterocycles. The predicted molar refractivity (Wildman–Crippen MR) is 86.7 cm³/mol. The van der Waals surface area contributed by atoms with Gasteiger partial charge >= 0.3 is 18.0 Å². The molecule has 2 rings (SSSR count). The number of carboxylic acids is 2. The standard InChI is InChI=1S/C17H22N2O5/c20-15(21)7-6-14(10-12-4-2-1-3-5-12)18-17(24)19-9-8-13(11-19)16(22)23/h1-5,13-14H,6-11H2,(H,18,24)(H,20,21)(H,22,23). The van der Waals surface area contributed by atoms with E-state index >= 15 is 0 Å². The van der Waals surface area contributed by atoms with Gasteiger partial charge in [-0.05, 0) is 24.8 Å². The topological polar surface area (TPSA) is 107 Å². The highest BCUT2D eigenvalue weighted by atomic mass is 16.4. The van der Waals surface area contributed by atoms with Gasteiger partial charge in [0, 0.05) is 25.6 Å². The number of benzene rings is 1. The minimum Gasteiger partial charge on any atom is -0.481 e. The third-order valence-corrected chi connectivity index (χ3v) is 4.18. The van der Waals surface area contributed by atoms with Gasteiger partial charge in [0.1, 0.15) is 0 Å². The number of carbonyl (C=O) groups is 3. The Balaban J connectivity index is 1.95. The van der Waals surface area contributed by atoms with Crippen molar-refractivity contribution in [3.05, 3.63) is 35.9 Å². The van der Waals surface area contributed by atoms with Gasteiger partial charge < -0.3 is 20.4 Å². The van der Waals surface area contributed by atoms with Crippen LogP contribution in [0.1, 0.15) is 24.8 Å². The Kier molecular flexibility index (Phi) is 6.17. The zero-order valence-electron chi connectivity index (χ0n) is 13.4. The smallest absolute Gasteiger partial charge is 0.317 e. The summed E-state index contributed by atoms with van der Waals surface area (Å²) in [5.74, 6) is -2.33. The first-order valence-corrected chi connectivity index (χ1v) is 7.99. The zero-order chi connectivity index (χ0) is 17.5. The molecule has 0 aliphatic carbocycles. The molecule has 130 valence electrons. The Morgan fingerprint density at radius 3 is 2.50 bits per heavy atom. The summed E-state index contributed by atoms with van der Waals surface area (Å²) in [7, 11) is 0. The van der Waals surface area contributed by atoms with E-state index in [1.165, 1.54) is 4.90 Å². The molecule has 0 aromatic heterocycles. The summed E-state index contributed by atoms with van der Waals surface area (Å²) in [5.41, 5.74) is 1.01. The zero-order valence-corrected chi connectivity index (χ0v) is 13.4. The van der Waals surface area contributed by atoms with Gasteiger partial charge in [0.2, 0.25) is 0 Å². The van der Waals surface area contributed by atoms with Crippen LogP contribution in [0.25, 0.3) is 0 Å². The fourth-order valence-electron chi connectivity index (χ4n) is 2.83. The fourth-order valence-corrected chi connectivity index (χ4v) is 2.83. The van der Waals surface area contributed by atoms with Crippen molar-refractivity contribution in [1.29, 1.82) is 0 Å². The molecule has 1 fully saturated rings. The van der Waals surface area contributed by atoms with Crippen LogP contribution in [0, 0.1) is 5.92 Å². The van der Waals surface area contributed by atoms with Crippen molar-refractivity contribution in [2.45, 2.75) is 31.7 Å². The molecule has 2 unspecified atom stereocenters. The first-order chi connectivity index (χ1) is 11.5. The number of urea groups is 1. The van der Waals surface area contributed by atoms with Crippen molar-refractivity contribution >= 4 is 18.0 Å². The molecule has 0 saturated carbocycles. The van der Waals surface area contributed by atoms with E-state index in [-0.39, 0.29) is 25.0 Å². The molecule has 2 amide bonds. The van der Waals surface area contributed by atoms with Crippen LogP contribution in [-0.2, 0) is 16.0 Å². The van der Waals surface area contributed by atoms with Gasteiger partial charge in [-0.2, -0.15) is 0 Å². The molecule has 0 spiro atoms.